The van der Waals surface area contributed by atoms with E-state index in [1.807, 2.05) is 12.1 Å². The Morgan fingerprint density at radius 2 is 1.03 bits per heavy atom. The third kappa shape index (κ3) is 6.37. The first-order chi connectivity index (χ1) is 17.3. The summed E-state index contributed by atoms with van der Waals surface area (Å²) < 4.78 is 11.9. The van der Waals surface area contributed by atoms with Crippen LogP contribution in [0.5, 0.6) is 11.5 Å². The molecular formula is C33H44O4. The van der Waals surface area contributed by atoms with Crippen molar-refractivity contribution in [1.29, 1.82) is 0 Å². The molecular weight excluding hydrogens is 460 g/mol. The summed E-state index contributed by atoms with van der Waals surface area (Å²) in [6.45, 7) is 18.0. The molecule has 0 aliphatic carbocycles. The van der Waals surface area contributed by atoms with Gasteiger partial charge in [0.1, 0.15) is 24.7 Å². The largest absolute Gasteiger partial charge is 0.491 e. The Morgan fingerprint density at radius 1 is 0.595 bits per heavy atom. The van der Waals surface area contributed by atoms with E-state index in [0.29, 0.717) is 0 Å². The van der Waals surface area contributed by atoms with Gasteiger partial charge in [0.2, 0.25) is 0 Å². The van der Waals surface area contributed by atoms with Gasteiger partial charge in [-0.05, 0) is 64.6 Å². The molecule has 0 aliphatic rings. The van der Waals surface area contributed by atoms with Gasteiger partial charge in [-0.15, -0.1) is 0 Å². The summed E-state index contributed by atoms with van der Waals surface area (Å²) in [7, 11) is 0. The van der Waals surface area contributed by atoms with Gasteiger partial charge in [-0.2, -0.15) is 0 Å². The normalized spacial score (nSPS) is 12.5. The summed E-state index contributed by atoms with van der Waals surface area (Å²) >= 11 is 0. The first-order valence-electron chi connectivity index (χ1n) is 13.2. The smallest absolute Gasteiger partial charge is 0.123 e. The summed E-state index contributed by atoms with van der Waals surface area (Å²) in [4.78, 5) is 0. The van der Waals surface area contributed by atoms with Crippen LogP contribution in [0.1, 0.15) is 81.8 Å². The Hall–Kier alpha value is -2.82. The maximum absolute atomic E-state index is 9.35. The van der Waals surface area contributed by atoms with Gasteiger partial charge >= 0.3 is 0 Å². The predicted octanol–water partition coefficient (Wildman–Crippen LogP) is 6.69. The number of ether oxygens (including phenoxy) is 2. The molecule has 3 aromatic carbocycles. The highest BCUT2D eigenvalue weighted by atomic mass is 16.5. The summed E-state index contributed by atoms with van der Waals surface area (Å²) in [5.41, 5.74) is 6.23. The molecule has 2 N–H and O–H groups in total. The lowest BCUT2D eigenvalue weighted by Gasteiger charge is -2.35. The topological polar surface area (TPSA) is 58.9 Å². The zero-order valence-corrected chi connectivity index (χ0v) is 23.8. The van der Waals surface area contributed by atoms with Crippen molar-refractivity contribution in [2.75, 3.05) is 26.4 Å². The van der Waals surface area contributed by atoms with Crippen molar-refractivity contribution in [3.05, 3.63) is 94.0 Å². The van der Waals surface area contributed by atoms with Crippen LogP contribution in [0, 0.1) is 6.92 Å². The van der Waals surface area contributed by atoms with Crippen molar-refractivity contribution in [2.24, 2.45) is 0 Å². The highest BCUT2D eigenvalue weighted by Gasteiger charge is 2.35. The van der Waals surface area contributed by atoms with E-state index in [2.05, 4.69) is 104 Å². The summed E-state index contributed by atoms with van der Waals surface area (Å²) in [6, 6.07) is 21.6. The SMILES string of the molecule is Cc1cccc(C(C)(c2ccc(OCCO)c(C(C)(C)C)c2)c2ccc(OCCO)c(C(C)(C)C)c2)c1. The van der Waals surface area contributed by atoms with E-state index in [4.69, 9.17) is 9.47 Å². The van der Waals surface area contributed by atoms with Crippen LogP contribution in [0.4, 0.5) is 0 Å². The van der Waals surface area contributed by atoms with Gasteiger partial charge in [0.15, 0.2) is 0 Å². The molecule has 0 amide bonds. The highest BCUT2D eigenvalue weighted by Crippen LogP contribution is 2.45. The minimum Gasteiger partial charge on any atom is -0.491 e. The zero-order valence-electron chi connectivity index (χ0n) is 23.8. The molecule has 4 heteroatoms. The van der Waals surface area contributed by atoms with E-state index < -0.39 is 5.41 Å². The van der Waals surface area contributed by atoms with E-state index in [9.17, 15) is 10.2 Å². The van der Waals surface area contributed by atoms with Crippen molar-refractivity contribution in [1.82, 2.24) is 0 Å². The van der Waals surface area contributed by atoms with Crippen LogP contribution >= 0.6 is 0 Å². The first-order valence-corrected chi connectivity index (χ1v) is 13.2. The van der Waals surface area contributed by atoms with Crippen LogP contribution in [0.15, 0.2) is 60.7 Å². The van der Waals surface area contributed by atoms with Gasteiger partial charge in [-0.25, -0.2) is 0 Å². The fourth-order valence-electron chi connectivity index (χ4n) is 4.87. The molecule has 0 bridgehead atoms. The van der Waals surface area contributed by atoms with Gasteiger partial charge in [0.25, 0.3) is 0 Å². The van der Waals surface area contributed by atoms with Crippen LogP contribution in [0.2, 0.25) is 0 Å². The number of aryl methyl sites for hydroxylation is 1. The van der Waals surface area contributed by atoms with Crippen molar-refractivity contribution >= 4 is 0 Å². The molecule has 0 radical (unpaired) electrons. The fraction of sp³-hybridized carbons (Fsp3) is 0.455. The molecule has 200 valence electrons. The summed E-state index contributed by atoms with van der Waals surface area (Å²) in [6.07, 6.45) is 0. The Kier molecular flexibility index (Phi) is 8.77. The van der Waals surface area contributed by atoms with E-state index in [0.717, 1.165) is 22.6 Å². The number of aliphatic hydroxyl groups excluding tert-OH is 2. The Balaban J connectivity index is 2.31. The third-order valence-corrected chi connectivity index (χ3v) is 7.02. The maximum atomic E-state index is 9.35. The first kappa shape index (κ1) is 28.7. The molecule has 37 heavy (non-hydrogen) atoms. The van der Waals surface area contributed by atoms with Crippen LogP contribution in [-0.4, -0.2) is 36.6 Å². The lowest BCUT2D eigenvalue weighted by Crippen LogP contribution is -2.28. The van der Waals surface area contributed by atoms with Crippen molar-refractivity contribution in [2.45, 2.75) is 71.6 Å². The van der Waals surface area contributed by atoms with Crippen LogP contribution in [0.3, 0.4) is 0 Å². The molecule has 0 aliphatic heterocycles. The monoisotopic (exact) mass is 504 g/mol. The number of hydrogen-bond acceptors (Lipinski definition) is 4. The van der Waals surface area contributed by atoms with Gasteiger partial charge in [0, 0.05) is 5.41 Å². The Morgan fingerprint density at radius 3 is 1.41 bits per heavy atom. The van der Waals surface area contributed by atoms with Crippen molar-refractivity contribution < 1.29 is 19.7 Å². The van der Waals surface area contributed by atoms with Crippen LogP contribution < -0.4 is 9.47 Å². The zero-order chi connectivity index (χ0) is 27.4. The molecule has 0 heterocycles. The molecule has 0 spiro atoms. The predicted molar refractivity (Wildman–Crippen MR) is 152 cm³/mol. The lowest BCUT2D eigenvalue weighted by molar-refractivity contribution is 0.198. The standard InChI is InChI=1S/C33H44O4/c1-23-10-9-11-24(20-23)33(8,25-12-14-29(36-18-16-34)27(21-25)31(2,3)4)26-13-15-30(37-19-17-35)28(22-26)32(5,6)7/h9-15,20-22,34-35H,16-19H2,1-8H3. The van der Waals surface area contributed by atoms with Gasteiger partial charge in [0.05, 0.1) is 13.2 Å². The molecule has 3 rings (SSSR count). The Labute approximate surface area is 223 Å². The number of aliphatic hydroxyl groups is 2. The second kappa shape index (κ2) is 11.3. The minimum absolute atomic E-state index is 0.0212. The molecule has 0 unspecified atom stereocenters. The molecule has 0 aromatic heterocycles. The van der Waals surface area contributed by atoms with Crippen molar-refractivity contribution in [3.63, 3.8) is 0 Å². The second-order valence-electron chi connectivity index (χ2n) is 12.1. The average Bonchev–Trinajstić information content (AvgIpc) is 2.84. The number of hydrogen-bond donors (Lipinski definition) is 2. The van der Waals surface area contributed by atoms with Crippen LogP contribution in [-0.2, 0) is 16.2 Å². The molecule has 3 aromatic rings. The number of rotatable bonds is 9. The Bertz CT molecular complexity index is 1130. The van der Waals surface area contributed by atoms with E-state index >= 15 is 0 Å². The maximum Gasteiger partial charge on any atom is 0.123 e. The van der Waals surface area contributed by atoms with Gasteiger partial charge in [-0.3, -0.25) is 0 Å². The van der Waals surface area contributed by atoms with Gasteiger partial charge in [-0.1, -0.05) is 95.6 Å². The molecule has 4 nitrogen and oxygen atoms in total. The van der Waals surface area contributed by atoms with Crippen LogP contribution in [0.25, 0.3) is 0 Å². The van der Waals surface area contributed by atoms with Crippen molar-refractivity contribution in [3.8, 4) is 11.5 Å². The minimum atomic E-state index is -0.447. The number of benzene rings is 3. The van der Waals surface area contributed by atoms with E-state index in [-0.39, 0.29) is 37.3 Å². The molecule has 0 saturated carbocycles. The molecule has 0 atom stereocenters. The molecule has 0 saturated heterocycles. The summed E-state index contributed by atoms with van der Waals surface area (Å²) in [5.74, 6) is 1.61. The highest BCUT2D eigenvalue weighted by molar-refractivity contribution is 5.56. The molecule has 0 fully saturated rings. The third-order valence-electron chi connectivity index (χ3n) is 7.02. The van der Waals surface area contributed by atoms with E-state index in [1.165, 1.54) is 22.3 Å². The quantitative estimate of drug-likeness (QED) is 0.319. The van der Waals surface area contributed by atoms with E-state index in [1.54, 1.807) is 0 Å². The summed E-state index contributed by atoms with van der Waals surface area (Å²) in [5, 5.41) is 18.7. The van der Waals surface area contributed by atoms with Gasteiger partial charge < -0.3 is 19.7 Å². The second-order valence-corrected chi connectivity index (χ2v) is 12.1. The fourth-order valence-corrected chi connectivity index (χ4v) is 4.87. The lowest BCUT2D eigenvalue weighted by atomic mass is 9.68. The average molecular weight is 505 g/mol.